The first-order valence-electron chi connectivity index (χ1n) is 3.78. The van der Waals surface area contributed by atoms with Crippen LogP contribution in [0.2, 0.25) is 0 Å². The normalized spacial score (nSPS) is 16.9. The van der Waals surface area contributed by atoms with Crippen molar-refractivity contribution in [3.05, 3.63) is 0 Å². The van der Waals surface area contributed by atoms with Gasteiger partial charge in [-0.05, 0) is 13.8 Å². The summed E-state index contributed by atoms with van der Waals surface area (Å²) in [6.45, 7) is 3.84. The number of carbonyl (C=O) groups is 1. The van der Waals surface area contributed by atoms with Crippen LogP contribution in [0.5, 0.6) is 0 Å². The van der Waals surface area contributed by atoms with Crippen molar-refractivity contribution in [3.8, 4) is 0 Å². The minimum Gasteiger partial charge on any atom is -0.480 e. The maximum atomic E-state index is 10.8. The molecule has 0 spiro atoms. The van der Waals surface area contributed by atoms with E-state index in [1.165, 1.54) is 0 Å². The molecule has 0 aromatic rings. The van der Waals surface area contributed by atoms with Crippen molar-refractivity contribution in [1.82, 2.24) is 5.32 Å². The number of carboxylic acid groups (broad SMARTS) is 1. The van der Waals surface area contributed by atoms with Gasteiger partial charge in [-0.2, -0.15) is 12.6 Å². The smallest absolute Gasteiger partial charge is 0.324 e. The molecular formula is C7H17ClN2O2S. The Morgan fingerprint density at radius 1 is 1.77 bits per heavy atom. The first-order chi connectivity index (χ1) is 5.46. The van der Waals surface area contributed by atoms with Gasteiger partial charge >= 0.3 is 5.97 Å². The van der Waals surface area contributed by atoms with Gasteiger partial charge in [-0.3, -0.25) is 10.1 Å². The molecule has 0 radical (unpaired) electrons. The van der Waals surface area contributed by atoms with E-state index in [1.807, 2.05) is 6.92 Å². The molecule has 4 N–H and O–H groups in total. The summed E-state index contributed by atoms with van der Waals surface area (Å²) in [7, 11) is 0. The van der Waals surface area contributed by atoms with E-state index in [0.717, 1.165) is 0 Å². The van der Waals surface area contributed by atoms with Crippen molar-refractivity contribution >= 4 is 31.0 Å². The van der Waals surface area contributed by atoms with Crippen molar-refractivity contribution in [1.29, 1.82) is 0 Å². The minimum absolute atomic E-state index is 0. The molecule has 0 heterocycles. The highest BCUT2D eigenvalue weighted by atomic mass is 35.5. The Balaban J connectivity index is 0. The van der Waals surface area contributed by atoms with E-state index < -0.39 is 11.5 Å². The lowest BCUT2D eigenvalue weighted by Crippen LogP contribution is -2.56. The van der Waals surface area contributed by atoms with Gasteiger partial charge in [0.05, 0.1) is 0 Å². The van der Waals surface area contributed by atoms with Crippen LogP contribution in [-0.2, 0) is 4.79 Å². The van der Waals surface area contributed by atoms with Gasteiger partial charge in [-0.25, -0.2) is 0 Å². The van der Waals surface area contributed by atoms with Gasteiger partial charge in [0.15, 0.2) is 0 Å². The van der Waals surface area contributed by atoms with E-state index >= 15 is 0 Å². The van der Waals surface area contributed by atoms with Crippen LogP contribution >= 0.6 is 25.0 Å². The van der Waals surface area contributed by atoms with Crippen LogP contribution in [0.15, 0.2) is 0 Å². The Kier molecular flexibility index (Phi) is 7.72. The summed E-state index contributed by atoms with van der Waals surface area (Å²) in [5.41, 5.74) is 4.37. The summed E-state index contributed by atoms with van der Waals surface area (Å²) in [6.07, 6.45) is 0. The van der Waals surface area contributed by atoms with Crippen molar-refractivity contribution in [2.45, 2.75) is 25.4 Å². The van der Waals surface area contributed by atoms with Crippen LogP contribution in [0.25, 0.3) is 0 Å². The molecule has 1 unspecified atom stereocenters. The molecule has 2 atom stereocenters. The standard InChI is InChI=1S/C7H16N2O2S.ClH/c1-5(3-8)9-7(2,4-12)6(10)11;/h5,9,12H,3-4,8H2,1-2H3,(H,10,11);1H/t5?,7-;/m0./s1. The maximum absolute atomic E-state index is 10.8. The molecule has 4 nitrogen and oxygen atoms in total. The molecule has 0 saturated heterocycles. The lowest BCUT2D eigenvalue weighted by atomic mass is 10.0. The Bertz CT molecular complexity index is 171. The van der Waals surface area contributed by atoms with Gasteiger partial charge in [0, 0.05) is 18.3 Å². The zero-order valence-corrected chi connectivity index (χ0v) is 9.49. The second-order valence-corrected chi connectivity index (χ2v) is 3.39. The van der Waals surface area contributed by atoms with E-state index in [-0.39, 0.29) is 24.2 Å². The van der Waals surface area contributed by atoms with Gasteiger partial charge in [0.1, 0.15) is 5.54 Å². The lowest BCUT2D eigenvalue weighted by molar-refractivity contribution is -0.143. The van der Waals surface area contributed by atoms with E-state index in [4.69, 9.17) is 10.8 Å². The number of hydrogen-bond acceptors (Lipinski definition) is 4. The predicted octanol–water partition coefficient (Wildman–Crippen LogP) is 0.118. The van der Waals surface area contributed by atoms with Crippen LogP contribution in [-0.4, -0.2) is 35.0 Å². The monoisotopic (exact) mass is 228 g/mol. The summed E-state index contributed by atoms with van der Waals surface area (Å²) >= 11 is 3.97. The molecular weight excluding hydrogens is 212 g/mol. The molecule has 0 fully saturated rings. The average Bonchev–Trinajstić information content (AvgIpc) is 2.03. The molecule has 80 valence electrons. The van der Waals surface area contributed by atoms with E-state index in [1.54, 1.807) is 6.92 Å². The Hall–Kier alpha value is 0.0300. The maximum Gasteiger partial charge on any atom is 0.324 e. The predicted molar refractivity (Wildman–Crippen MR) is 58.8 cm³/mol. The zero-order valence-electron chi connectivity index (χ0n) is 7.78. The lowest BCUT2D eigenvalue weighted by Gasteiger charge is -2.27. The topological polar surface area (TPSA) is 75.3 Å². The molecule has 0 saturated carbocycles. The molecule has 0 amide bonds. The quantitative estimate of drug-likeness (QED) is 0.505. The summed E-state index contributed by atoms with van der Waals surface area (Å²) in [4.78, 5) is 10.8. The molecule has 0 aromatic carbocycles. The Morgan fingerprint density at radius 2 is 2.23 bits per heavy atom. The number of hydrogen-bond donors (Lipinski definition) is 4. The molecule has 0 aliphatic carbocycles. The number of halogens is 1. The van der Waals surface area contributed by atoms with Gasteiger partial charge < -0.3 is 10.8 Å². The van der Waals surface area contributed by atoms with Crippen molar-refractivity contribution in [2.75, 3.05) is 12.3 Å². The first-order valence-corrected chi connectivity index (χ1v) is 4.41. The Labute approximate surface area is 90.1 Å². The van der Waals surface area contributed by atoms with Gasteiger partial charge in [-0.1, -0.05) is 0 Å². The van der Waals surface area contributed by atoms with Crippen molar-refractivity contribution < 1.29 is 9.90 Å². The fourth-order valence-electron chi connectivity index (χ4n) is 0.778. The molecule has 0 bridgehead atoms. The van der Waals surface area contributed by atoms with Crippen LogP contribution in [0.3, 0.4) is 0 Å². The molecule has 6 heteroatoms. The fraction of sp³-hybridized carbons (Fsp3) is 0.857. The minimum atomic E-state index is -0.984. The number of rotatable bonds is 5. The third-order valence-corrected chi connectivity index (χ3v) is 2.34. The zero-order chi connectivity index (χ0) is 9.78. The molecule has 0 aromatic heterocycles. The molecule has 0 rings (SSSR count). The van der Waals surface area contributed by atoms with Gasteiger partial charge in [-0.15, -0.1) is 12.4 Å². The largest absolute Gasteiger partial charge is 0.480 e. The number of nitrogens with two attached hydrogens (primary N) is 1. The van der Waals surface area contributed by atoms with Crippen LogP contribution in [0.4, 0.5) is 0 Å². The van der Waals surface area contributed by atoms with E-state index in [2.05, 4.69) is 17.9 Å². The Morgan fingerprint density at radius 3 is 2.46 bits per heavy atom. The second-order valence-electron chi connectivity index (χ2n) is 3.08. The van der Waals surface area contributed by atoms with Gasteiger partial charge in [0.2, 0.25) is 0 Å². The summed E-state index contributed by atoms with van der Waals surface area (Å²) in [5.74, 6) is -0.662. The molecule has 0 aliphatic rings. The number of carboxylic acids is 1. The van der Waals surface area contributed by atoms with Crippen molar-refractivity contribution in [2.24, 2.45) is 5.73 Å². The summed E-state index contributed by atoms with van der Waals surface area (Å²) < 4.78 is 0. The van der Waals surface area contributed by atoms with E-state index in [0.29, 0.717) is 6.54 Å². The SMILES string of the molecule is CC(CN)N[C@@](C)(CS)C(=O)O.Cl. The highest BCUT2D eigenvalue weighted by Crippen LogP contribution is 2.07. The number of thiol groups is 1. The van der Waals surface area contributed by atoms with Gasteiger partial charge in [0.25, 0.3) is 0 Å². The van der Waals surface area contributed by atoms with E-state index in [9.17, 15) is 4.79 Å². The average molecular weight is 229 g/mol. The number of nitrogens with one attached hydrogen (secondary N) is 1. The molecule has 13 heavy (non-hydrogen) atoms. The number of aliphatic carboxylic acids is 1. The van der Waals surface area contributed by atoms with Crippen LogP contribution in [0, 0.1) is 0 Å². The highest BCUT2D eigenvalue weighted by Gasteiger charge is 2.32. The van der Waals surface area contributed by atoms with Crippen LogP contribution < -0.4 is 11.1 Å². The fourth-order valence-corrected chi connectivity index (χ4v) is 1.00. The van der Waals surface area contributed by atoms with Crippen molar-refractivity contribution in [3.63, 3.8) is 0 Å². The first kappa shape index (κ1) is 15.5. The molecule has 0 aliphatic heterocycles. The third-order valence-electron chi connectivity index (χ3n) is 1.71. The third kappa shape index (κ3) is 4.71. The summed E-state index contributed by atoms with van der Waals surface area (Å²) in [6, 6.07) is -0.0155. The van der Waals surface area contributed by atoms with Crippen LogP contribution in [0.1, 0.15) is 13.8 Å². The highest BCUT2D eigenvalue weighted by molar-refractivity contribution is 7.80. The summed E-state index contributed by atoms with van der Waals surface area (Å²) in [5, 5.41) is 11.7. The second kappa shape index (κ2) is 6.48.